The summed E-state index contributed by atoms with van der Waals surface area (Å²) in [4.78, 5) is 27.9. The maximum absolute atomic E-state index is 14.0. The van der Waals surface area contributed by atoms with E-state index in [-0.39, 0.29) is 16.9 Å². The van der Waals surface area contributed by atoms with Crippen molar-refractivity contribution in [3.63, 3.8) is 0 Å². The Morgan fingerprint density at radius 1 is 1.12 bits per heavy atom. The van der Waals surface area contributed by atoms with Crippen LogP contribution in [0.2, 0.25) is 0 Å². The average Bonchev–Trinajstić information content (AvgIpc) is 3.47. The average molecular weight is 564 g/mol. The van der Waals surface area contributed by atoms with Gasteiger partial charge in [-0.05, 0) is 69.5 Å². The van der Waals surface area contributed by atoms with Gasteiger partial charge < -0.3 is 14.5 Å². The summed E-state index contributed by atoms with van der Waals surface area (Å²) in [6.07, 6.45) is 6.63. The lowest BCUT2D eigenvalue weighted by molar-refractivity contribution is -0.142. The summed E-state index contributed by atoms with van der Waals surface area (Å²) < 4.78 is 33.6. The Morgan fingerprint density at radius 3 is 2.61 bits per heavy atom. The van der Waals surface area contributed by atoms with E-state index in [4.69, 9.17) is 14.7 Å². The normalized spacial score (nSPS) is 28.5. The molecule has 7 nitrogen and oxygen atoms in total. The molecule has 5 aliphatic rings. The minimum atomic E-state index is -0.883. The van der Waals surface area contributed by atoms with Crippen molar-refractivity contribution in [3.05, 3.63) is 59.1 Å². The van der Waals surface area contributed by atoms with Crippen LogP contribution in [0.25, 0.3) is 0 Å². The van der Waals surface area contributed by atoms with Gasteiger partial charge in [-0.2, -0.15) is 9.97 Å². The van der Waals surface area contributed by atoms with E-state index in [1.807, 2.05) is 11.9 Å². The fraction of sp³-hybridized carbons (Fsp3) is 0.594. The first-order valence-electron chi connectivity index (χ1n) is 15.1. The zero-order chi connectivity index (χ0) is 28.4. The SMILES string of the molecule is C=C(F)C(=O)N1CC2(CCN(c3nc(OCC4CC(F)CN4C)nc4c3CCC3(CCc5ccccc53)C4)CC2)C1. The van der Waals surface area contributed by atoms with Crippen molar-refractivity contribution < 1.29 is 18.3 Å². The second-order valence-electron chi connectivity index (χ2n) is 13.2. The first-order chi connectivity index (χ1) is 19.7. The second kappa shape index (κ2) is 10.0. The van der Waals surface area contributed by atoms with Crippen LogP contribution < -0.4 is 9.64 Å². The highest BCUT2D eigenvalue weighted by Crippen LogP contribution is 2.49. The Labute approximate surface area is 240 Å². The molecule has 3 fully saturated rings. The molecule has 0 radical (unpaired) electrons. The highest BCUT2D eigenvalue weighted by molar-refractivity contribution is 5.91. The topological polar surface area (TPSA) is 61.8 Å². The lowest BCUT2D eigenvalue weighted by atomic mass is 9.69. The van der Waals surface area contributed by atoms with Gasteiger partial charge in [0.1, 0.15) is 18.6 Å². The van der Waals surface area contributed by atoms with Crippen molar-refractivity contribution >= 4 is 11.7 Å². The molecule has 2 spiro atoms. The molecule has 3 aliphatic heterocycles. The molecule has 41 heavy (non-hydrogen) atoms. The van der Waals surface area contributed by atoms with Crippen LogP contribution in [0.1, 0.15) is 54.5 Å². The van der Waals surface area contributed by atoms with Gasteiger partial charge in [-0.15, -0.1) is 0 Å². The number of alkyl halides is 1. The zero-order valence-electron chi connectivity index (χ0n) is 23.9. The molecule has 3 unspecified atom stereocenters. The molecule has 3 saturated heterocycles. The summed E-state index contributed by atoms with van der Waals surface area (Å²) in [6, 6.07) is 9.25. The maximum atomic E-state index is 14.0. The van der Waals surface area contributed by atoms with E-state index in [0.29, 0.717) is 38.7 Å². The number of nitrogens with zero attached hydrogens (tertiary/aromatic N) is 5. The van der Waals surface area contributed by atoms with Crippen LogP contribution in [0.3, 0.4) is 0 Å². The molecule has 3 atom stereocenters. The van der Waals surface area contributed by atoms with E-state index in [0.717, 1.165) is 69.5 Å². The van der Waals surface area contributed by atoms with Crippen molar-refractivity contribution in [1.29, 1.82) is 0 Å². The summed E-state index contributed by atoms with van der Waals surface area (Å²) in [5.74, 6) is -0.501. The molecule has 0 saturated carbocycles. The van der Waals surface area contributed by atoms with Gasteiger partial charge >= 0.3 is 6.01 Å². The third-order valence-electron chi connectivity index (χ3n) is 10.6. The summed E-state index contributed by atoms with van der Waals surface area (Å²) in [5.41, 5.74) is 5.38. The fourth-order valence-electron chi connectivity index (χ4n) is 8.17. The predicted octanol–water partition coefficient (Wildman–Crippen LogP) is 4.18. The Kier molecular flexibility index (Phi) is 6.56. The third kappa shape index (κ3) is 4.70. The molecule has 2 aliphatic carbocycles. The molecule has 9 heteroatoms. The Balaban J connectivity index is 1.13. The van der Waals surface area contributed by atoms with Crippen LogP contribution in [-0.2, 0) is 29.5 Å². The molecule has 1 amide bonds. The van der Waals surface area contributed by atoms with Gasteiger partial charge in [0.2, 0.25) is 0 Å². The van der Waals surface area contributed by atoms with E-state index in [1.54, 1.807) is 4.90 Å². The Hall–Kier alpha value is -3.07. The number of benzene rings is 1. The first kappa shape index (κ1) is 26.8. The number of ether oxygens (including phenoxy) is 1. The minimum absolute atomic E-state index is 0.0145. The van der Waals surface area contributed by atoms with Crippen LogP contribution in [0, 0.1) is 5.41 Å². The monoisotopic (exact) mass is 563 g/mol. The Bertz CT molecular complexity index is 1370. The lowest BCUT2D eigenvalue weighted by Crippen LogP contribution is -2.62. The highest BCUT2D eigenvalue weighted by atomic mass is 19.1. The summed E-state index contributed by atoms with van der Waals surface area (Å²) >= 11 is 0. The zero-order valence-corrected chi connectivity index (χ0v) is 23.9. The number of likely N-dealkylation sites (tertiary alicyclic amines) is 2. The van der Waals surface area contributed by atoms with Crippen LogP contribution in [0.15, 0.2) is 36.7 Å². The number of likely N-dealkylation sites (N-methyl/N-ethyl adjacent to an activating group) is 1. The molecule has 4 heterocycles. The van der Waals surface area contributed by atoms with Gasteiger partial charge in [0.25, 0.3) is 5.91 Å². The van der Waals surface area contributed by atoms with Gasteiger partial charge in [0, 0.05) is 55.2 Å². The quantitative estimate of drug-likeness (QED) is 0.509. The smallest absolute Gasteiger partial charge is 0.318 e. The van der Waals surface area contributed by atoms with E-state index in [2.05, 4.69) is 35.7 Å². The molecular formula is C32H39F2N5O2. The lowest BCUT2D eigenvalue weighted by Gasteiger charge is -2.54. The molecule has 1 aromatic carbocycles. The number of carbonyl (C=O) groups is 1. The fourth-order valence-corrected chi connectivity index (χ4v) is 8.17. The number of piperidine rings is 1. The van der Waals surface area contributed by atoms with Crippen LogP contribution in [0.4, 0.5) is 14.6 Å². The van der Waals surface area contributed by atoms with Gasteiger partial charge in [-0.25, -0.2) is 8.78 Å². The van der Waals surface area contributed by atoms with Crippen LogP contribution in [0.5, 0.6) is 6.01 Å². The maximum Gasteiger partial charge on any atom is 0.318 e. The summed E-state index contributed by atoms with van der Waals surface area (Å²) in [7, 11) is 1.94. The standard InChI is InChI=1S/C32H39F2N5O2/c1-21(33)29(40)39-19-31(20-39)11-13-38(14-12-31)28-25-8-10-32(9-7-22-5-3-4-6-26(22)32)16-27(25)35-30(36-28)41-18-24-15-23(34)17-37(24)2/h3-6,23-24H,1,7-20H2,2H3. The predicted molar refractivity (Wildman–Crippen MR) is 153 cm³/mol. The van der Waals surface area contributed by atoms with Crippen molar-refractivity contribution in [2.45, 2.75) is 69.0 Å². The molecule has 2 aromatic rings. The van der Waals surface area contributed by atoms with Crippen molar-refractivity contribution in [1.82, 2.24) is 19.8 Å². The first-order valence-corrected chi connectivity index (χ1v) is 15.1. The molecule has 0 N–H and O–H groups in total. The van der Waals surface area contributed by atoms with E-state index in [9.17, 15) is 13.6 Å². The number of carbonyl (C=O) groups excluding carboxylic acids is 1. The van der Waals surface area contributed by atoms with Crippen molar-refractivity contribution in [3.8, 4) is 6.01 Å². The van der Waals surface area contributed by atoms with Crippen LogP contribution >= 0.6 is 0 Å². The van der Waals surface area contributed by atoms with Crippen molar-refractivity contribution in [2.24, 2.45) is 5.41 Å². The van der Waals surface area contributed by atoms with E-state index >= 15 is 0 Å². The third-order valence-corrected chi connectivity index (χ3v) is 10.6. The van der Waals surface area contributed by atoms with Crippen molar-refractivity contribution in [2.75, 3.05) is 51.3 Å². The Morgan fingerprint density at radius 2 is 1.88 bits per heavy atom. The number of hydrogen-bond acceptors (Lipinski definition) is 6. The number of aryl methyl sites for hydroxylation is 1. The molecule has 0 bridgehead atoms. The van der Waals surface area contributed by atoms with E-state index in [1.165, 1.54) is 16.7 Å². The number of hydrogen-bond donors (Lipinski definition) is 0. The van der Waals surface area contributed by atoms with Gasteiger partial charge in [0.15, 0.2) is 5.83 Å². The molecular weight excluding hydrogens is 524 g/mol. The summed E-state index contributed by atoms with van der Waals surface area (Å²) in [5, 5.41) is 0. The number of amides is 1. The molecule has 218 valence electrons. The number of aromatic nitrogens is 2. The summed E-state index contributed by atoms with van der Waals surface area (Å²) in [6.45, 7) is 6.80. The molecule has 1 aromatic heterocycles. The van der Waals surface area contributed by atoms with Gasteiger partial charge in [-0.1, -0.05) is 30.8 Å². The highest BCUT2D eigenvalue weighted by Gasteiger charge is 2.48. The van der Waals surface area contributed by atoms with Gasteiger partial charge in [-0.3, -0.25) is 9.69 Å². The minimum Gasteiger partial charge on any atom is -0.462 e. The van der Waals surface area contributed by atoms with E-state index < -0.39 is 17.9 Å². The van der Waals surface area contributed by atoms with Crippen LogP contribution in [-0.4, -0.2) is 84.3 Å². The number of halogens is 2. The number of rotatable bonds is 5. The largest absolute Gasteiger partial charge is 0.462 e. The number of anilines is 1. The van der Waals surface area contributed by atoms with Gasteiger partial charge in [0.05, 0.1) is 5.69 Å². The molecule has 7 rings (SSSR count). The number of fused-ring (bicyclic) bond motifs is 3. The second-order valence-corrected chi connectivity index (χ2v) is 13.2.